The molecule has 3 heteroatoms. The van der Waals surface area contributed by atoms with Crippen molar-refractivity contribution < 1.29 is 0 Å². The summed E-state index contributed by atoms with van der Waals surface area (Å²) in [4.78, 5) is 1.99. The van der Waals surface area contributed by atoms with Crippen molar-refractivity contribution in [2.24, 2.45) is 0 Å². The van der Waals surface area contributed by atoms with Crippen LogP contribution in [0.1, 0.15) is 18.1 Å². The first kappa shape index (κ1) is 13.5. The lowest BCUT2D eigenvalue weighted by Crippen LogP contribution is -2.11. The topological polar surface area (TPSA) is 27.0 Å². The molecule has 0 heterocycles. The number of nitrogens with zero attached hydrogens (tertiary/aromatic N) is 2. The fourth-order valence-corrected chi connectivity index (χ4v) is 2.16. The molecule has 0 aliphatic rings. The van der Waals surface area contributed by atoms with E-state index >= 15 is 0 Å². The smallest absolute Gasteiger partial charge is 0.101 e. The van der Waals surface area contributed by atoms with Gasteiger partial charge in [0.15, 0.2) is 0 Å². The Morgan fingerprint density at radius 1 is 1.16 bits per heavy atom. The lowest BCUT2D eigenvalue weighted by atomic mass is 10.1. The van der Waals surface area contributed by atoms with Crippen LogP contribution in [-0.4, -0.2) is 7.05 Å². The second kappa shape index (κ2) is 5.77. The molecule has 0 saturated carbocycles. The van der Waals surface area contributed by atoms with Crippen LogP contribution in [0.2, 0.25) is 5.02 Å². The van der Waals surface area contributed by atoms with Gasteiger partial charge < -0.3 is 4.90 Å². The van der Waals surface area contributed by atoms with Crippen molar-refractivity contribution in [1.29, 1.82) is 5.26 Å². The van der Waals surface area contributed by atoms with Crippen molar-refractivity contribution >= 4 is 23.0 Å². The highest BCUT2D eigenvalue weighted by Gasteiger charge is 2.09. The van der Waals surface area contributed by atoms with Gasteiger partial charge in [-0.15, -0.1) is 0 Å². The second-order valence-electron chi connectivity index (χ2n) is 4.35. The summed E-state index contributed by atoms with van der Waals surface area (Å²) in [7, 11) is 1.95. The zero-order valence-corrected chi connectivity index (χ0v) is 11.8. The van der Waals surface area contributed by atoms with Crippen molar-refractivity contribution in [1.82, 2.24) is 0 Å². The van der Waals surface area contributed by atoms with Crippen LogP contribution in [0, 0.1) is 11.3 Å². The summed E-state index contributed by atoms with van der Waals surface area (Å²) in [5.74, 6) is 0. The van der Waals surface area contributed by atoms with E-state index in [0.29, 0.717) is 10.6 Å². The highest BCUT2D eigenvalue weighted by molar-refractivity contribution is 6.30. The molecule has 0 radical (unpaired) electrons. The van der Waals surface area contributed by atoms with E-state index < -0.39 is 0 Å². The maximum Gasteiger partial charge on any atom is 0.101 e. The van der Waals surface area contributed by atoms with Gasteiger partial charge in [-0.3, -0.25) is 0 Å². The molecule has 2 rings (SSSR count). The number of hydrogen-bond acceptors (Lipinski definition) is 2. The third-order valence-electron chi connectivity index (χ3n) is 3.17. The van der Waals surface area contributed by atoms with E-state index in [0.717, 1.165) is 17.8 Å². The molecule has 2 aromatic rings. The molecule has 19 heavy (non-hydrogen) atoms. The van der Waals surface area contributed by atoms with E-state index in [1.807, 2.05) is 18.0 Å². The predicted octanol–water partition coefficient (Wildman–Crippen LogP) is 4.54. The maximum atomic E-state index is 9.19. The first-order valence-corrected chi connectivity index (χ1v) is 6.56. The molecule has 96 valence electrons. The summed E-state index contributed by atoms with van der Waals surface area (Å²) >= 11 is 5.92. The fourth-order valence-electron chi connectivity index (χ4n) is 1.98. The van der Waals surface area contributed by atoms with Gasteiger partial charge in [0.1, 0.15) is 6.07 Å². The van der Waals surface area contributed by atoms with E-state index in [-0.39, 0.29) is 0 Å². The number of aryl methyl sites for hydroxylation is 1. The van der Waals surface area contributed by atoms with Gasteiger partial charge in [0, 0.05) is 17.8 Å². The lowest BCUT2D eigenvalue weighted by Gasteiger charge is -2.21. The van der Waals surface area contributed by atoms with Crippen LogP contribution in [-0.2, 0) is 6.42 Å². The molecule has 0 saturated heterocycles. The molecule has 2 nitrogen and oxygen atoms in total. The van der Waals surface area contributed by atoms with Gasteiger partial charge in [-0.25, -0.2) is 0 Å². The summed E-state index contributed by atoms with van der Waals surface area (Å²) in [6, 6.07) is 15.9. The molecule has 0 atom stereocenters. The number of benzene rings is 2. The Morgan fingerprint density at radius 2 is 1.84 bits per heavy atom. The van der Waals surface area contributed by atoms with E-state index in [2.05, 4.69) is 37.3 Å². The van der Waals surface area contributed by atoms with Gasteiger partial charge in [0.2, 0.25) is 0 Å². The third kappa shape index (κ3) is 2.89. The van der Waals surface area contributed by atoms with Crippen molar-refractivity contribution in [2.75, 3.05) is 11.9 Å². The van der Waals surface area contributed by atoms with Gasteiger partial charge in [0.05, 0.1) is 11.3 Å². The Hall–Kier alpha value is -1.98. The number of hydrogen-bond donors (Lipinski definition) is 0. The Kier molecular flexibility index (Phi) is 4.09. The molecule has 0 bridgehead atoms. The van der Waals surface area contributed by atoms with Gasteiger partial charge >= 0.3 is 0 Å². The molecular formula is C16H15ClN2. The number of anilines is 2. The number of halogens is 1. The molecule has 0 fully saturated rings. The minimum atomic E-state index is 0.578. The molecular weight excluding hydrogens is 256 g/mol. The van der Waals surface area contributed by atoms with Crippen molar-refractivity contribution in [3.05, 3.63) is 58.6 Å². The summed E-state index contributed by atoms with van der Waals surface area (Å²) in [6.45, 7) is 2.13. The molecule has 0 amide bonds. The molecule has 0 unspecified atom stereocenters. The molecule has 0 aliphatic carbocycles. The highest BCUT2D eigenvalue weighted by atomic mass is 35.5. The lowest BCUT2D eigenvalue weighted by molar-refractivity contribution is 1.13. The van der Waals surface area contributed by atoms with Crippen LogP contribution >= 0.6 is 11.6 Å². The summed E-state index contributed by atoms with van der Waals surface area (Å²) in [6.07, 6.45) is 1.02. The number of nitriles is 1. The molecule has 2 aromatic carbocycles. The predicted molar refractivity (Wildman–Crippen MR) is 80.1 cm³/mol. The van der Waals surface area contributed by atoms with Gasteiger partial charge in [-0.1, -0.05) is 30.7 Å². The molecule has 0 spiro atoms. The second-order valence-corrected chi connectivity index (χ2v) is 4.79. The summed E-state index contributed by atoms with van der Waals surface area (Å²) < 4.78 is 0. The summed E-state index contributed by atoms with van der Waals surface area (Å²) in [5, 5.41) is 9.76. The normalized spacial score (nSPS) is 10.0. The Balaban J connectivity index is 2.38. The zero-order valence-electron chi connectivity index (χ0n) is 11.0. The average molecular weight is 271 g/mol. The Labute approximate surface area is 118 Å². The third-order valence-corrected chi connectivity index (χ3v) is 3.41. The van der Waals surface area contributed by atoms with Crippen LogP contribution in [0.15, 0.2) is 42.5 Å². The first-order valence-electron chi connectivity index (χ1n) is 6.18. The Bertz CT molecular complexity index is 612. The van der Waals surface area contributed by atoms with Crippen molar-refractivity contribution in [3.8, 4) is 6.07 Å². The van der Waals surface area contributed by atoms with Crippen LogP contribution in [0.5, 0.6) is 0 Å². The van der Waals surface area contributed by atoms with E-state index in [1.165, 1.54) is 5.56 Å². The largest absolute Gasteiger partial charge is 0.344 e. The van der Waals surface area contributed by atoms with Crippen molar-refractivity contribution in [2.45, 2.75) is 13.3 Å². The monoisotopic (exact) mass is 270 g/mol. The SMILES string of the molecule is CCc1ccc(N(C)c2ccc(Cl)cc2C#N)cc1. The van der Waals surface area contributed by atoms with Crippen molar-refractivity contribution in [3.63, 3.8) is 0 Å². The van der Waals surface area contributed by atoms with E-state index in [9.17, 15) is 5.26 Å². The molecule has 0 aromatic heterocycles. The fraction of sp³-hybridized carbons (Fsp3) is 0.188. The van der Waals surface area contributed by atoms with Crippen LogP contribution in [0.25, 0.3) is 0 Å². The quantitative estimate of drug-likeness (QED) is 0.819. The van der Waals surface area contributed by atoms with Crippen LogP contribution in [0.3, 0.4) is 0 Å². The van der Waals surface area contributed by atoms with Gasteiger partial charge in [0.25, 0.3) is 0 Å². The minimum Gasteiger partial charge on any atom is -0.344 e. The average Bonchev–Trinajstić information content (AvgIpc) is 2.46. The first-order chi connectivity index (χ1) is 9.15. The molecule has 0 aliphatic heterocycles. The number of rotatable bonds is 3. The van der Waals surface area contributed by atoms with Gasteiger partial charge in [-0.2, -0.15) is 5.26 Å². The van der Waals surface area contributed by atoms with E-state index in [4.69, 9.17) is 11.6 Å². The Morgan fingerprint density at radius 3 is 2.42 bits per heavy atom. The van der Waals surface area contributed by atoms with Gasteiger partial charge in [-0.05, 0) is 42.3 Å². The van der Waals surface area contributed by atoms with Crippen LogP contribution < -0.4 is 4.90 Å². The van der Waals surface area contributed by atoms with E-state index in [1.54, 1.807) is 12.1 Å². The molecule has 0 N–H and O–H groups in total. The summed E-state index contributed by atoms with van der Waals surface area (Å²) in [5.41, 5.74) is 3.79. The maximum absolute atomic E-state index is 9.19. The standard InChI is InChI=1S/C16H15ClN2/c1-3-12-4-7-15(8-5-12)19(2)16-9-6-14(17)10-13(16)11-18/h4-10H,3H2,1-2H3. The minimum absolute atomic E-state index is 0.578. The van der Waals surface area contributed by atoms with Crippen LogP contribution in [0.4, 0.5) is 11.4 Å². The zero-order chi connectivity index (χ0) is 13.8. The highest BCUT2D eigenvalue weighted by Crippen LogP contribution is 2.28.